The van der Waals surface area contributed by atoms with E-state index in [1.54, 1.807) is 19.1 Å². The van der Waals surface area contributed by atoms with E-state index in [4.69, 9.17) is 5.73 Å². The molecule has 0 aliphatic rings. The van der Waals surface area contributed by atoms with Gasteiger partial charge in [0.25, 0.3) is 5.78 Å². The Balaban J connectivity index is 0.000000260. The molecule has 0 saturated heterocycles. The molecule has 2 nitrogen and oxygen atoms in total. The summed E-state index contributed by atoms with van der Waals surface area (Å²) < 4.78 is 72.0. The average Bonchev–Trinajstić information content (AvgIpc) is 2.54. The van der Waals surface area contributed by atoms with Crippen molar-refractivity contribution in [2.75, 3.05) is 0 Å². The van der Waals surface area contributed by atoms with Crippen LogP contribution >= 0.6 is 0 Å². The lowest BCUT2D eigenvalue weighted by Crippen LogP contribution is -2.28. The molecular weight excluding hydrogens is 360 g/mol. The monoisotopic (exact) mass is 377 g/mol. The quantitative estimate of drug-likeness (QED) is 0.570. The second-order valence-electron chi connectivity index (χ2n) is 5.62. The van der Waals surface area contributed by atoms with Gasteiger partial charge < -0.3 is 5.73 Å². The molecule has 0 bridgehead atoms. The van der Waals surface area contributed by atoms with Gasteiger partial charge in [-0.1, -0.05) is 59.7 Å². The zero-order valence-electron chi connectivity index (χ0n) is 13.9. The van der Waals surface area contributed by atoms with Crippen LogP contribution in [0.25, 0.3) is 0 Å². The number of hydrogen-bond donors (Lipinski definition) is 1. The van der Waals surface area contributed by atoms with E-state index >= 15 is 0 Å². The van der Waals surface area contributed by atoms with Gasteiger partial charge in [0, 0.05) is 5.56 Å². The highest BCUT2D eigenvalue weighted by Crippen LogP contribution is 2.30. The zero-order chi connectivity index (χ0) is 20.1. The number of halogens is 6. The minimum Gasteiger partial charge on any atom is -0.316 e. The molecule has 0 saturated carbocycles. The summed E-state index contributed by atoms with van der Waals surface area (Å²) in [7, 11) is 0. The highest BCUT2D eigenvalue weighted by molar-refractivity contribution is 6.00. The molecule has 2 rings (SSSR count). The number of ketones is 1. The van der Waals surface area contributed by atoms with E-state index in [0.717, 1.165) is 11.1 Å². The molecule has 0 fully saturated rings. The molecule has 0 amide bonds. The maximum atomic E-state index is 12.1. The van der Waals surface area contributed by atoms with Crippen LogP contribution in [0.2, 0.25) is 0 Å². The summed E-state index contributed by atoms with van der Waals surface area (Å²) in [5.74, 6) is -1.80. The van der Waals surface area contributed by atoms with E-state index < -0.39 is 24.2 Å². The molecule has 0 radical (unpaired) electrons. The Morgan fingerprint density at radius 3 is 1.54 bits per heavy atom. The molecule has 8 heteroatoms. The van der Waals surface area contributed by atoms with Gasteiger partial charge in [0.15, 0.2) is 0 Å². The second-order valence-corrected chi connectivity index (χ2v) is 5.62. The van der Waals surface area contributed by atoms with Crippen LogP contribution < -0.4 is 5.73 Å². The first kappa shape index (κ1) is 21.7. The van der Waals surface area contributed by atoms with Gasteiger partial charge in [0.2, 0.25) is 0 Å². The Morgan fingerprint density at radius 1 is 0.808 bits per heavy atom. The summed E-state index contributed by atoms with van der Waals surface area (Å²) in [6, 6.07) is 9.42. The Kier molecular flexibility index (Phi) is 6.97. The molecule has 2 aromatic carbocycles. The number of alkyl halides is 6. The molecule has 0 heterocycles. The van der Waals surface area contributed by atoms with Gasteiger partial charge in [0.1, 0.15) is 6.04 Å². The first-order valence-corrected chi connectivity index (χ1v) is 7.39. The van der Waals surface area contributed by atoms with Crippen LogP contribution in [-0.4, -0.2) is 18.1 Å². The van der Waals surface area contributed by atoms with Crippen molar-refractivity contribution < 1.29 is 31.1 Å². The molecule has 2 aromatic rings. The third kappa shape index (κ3) is 6.51. The van der Waals surface area contributed by atoms with Crippen molar-refractivity contribution in [3.63, 3.8) is 0 Å². The molecule has 2 N–H and O–H groups in total. The molecule has 26 heavy (non-hydrogen) atoms. The Morgan fingerprint density at radius 2 is 1.19 bits per heavy atom. The van der Waals surface area contributed by atoms with Crippen LogP contribution in [0.15, 0.2) is 48.5 Å². The molecule has 0 aliphatic carbocycles. The van der Waals surface area contributed by atoms with Gasteiger partial charge >= 0.3 is 12.4 Å². The fourth-order valence-electron chi connectivity index (χ4n) is 1.83. The first-order valence-electron chi connectivity index (χ1n) is 7.39. The van der Waals surface area contributed by atoms with E-state index in [2.05, 4.69) is 0 Å². The number of rotatable bonds is 2. The largest absolute Gasteiger partial charge is 0.454 e. The number of carbonyl (C=O) groups excluding carboxylic acids is 1. The topological polar surface area (TPSA) is 43.1 Å². The van der Waals surface area contributed by atoms with Gasteiger partial charge in [0.05, 0.1) is 0 Å². The second kappa shape index (κ2) is 8.35. The highest BCUT2D eigenvalue weighted by atomic mass is 19.4. The molecule has 0 aliphatic heterocycles. The fraction of sp³-hybridized carbons (Fsp3) is 0.278. The van der Waals surface area contributed by atoms with Gasteiger partial charge in [-0.2, -0.15) is 26.3 Å². The predicted octanol–water partition coefficient (Wildman–Crippen LogP) is 5.30. The van der Waals surface area contributed by atoms with Crippen molar-refractivity contribution in [3.05, 3.63) is 70.8 Å². The molecule has 0 spiro atoms. The van der Waals surface area contributed by atoms with Gasteiger partial charge in [-0.05, 0) is 19.4 Å². The molecule has 0 aromatic heterocycles. The van der Waals surface area contributed by atoms with E-state index in [0.29, 0.717) is 0 Å². The minimum absolute atomic E-state index is 0.0955. The number of Topliss-reactive ketones (excluding diaryl/α,β-unsaturated/α-hetero) is 1. The van der Waals surface area contributed by atoms with Crippen LogP contribution in [0, 0.1) is 13.8 Å². The number of benzene rings is 2. The lowest BCUT2D eigenvalue weighted by atomic mass is 10.1. The lowest BCUT2D eigenvalue weighted by molar-refractivity contribution is -0.149. The number of nitrogens with two attached hydrogens (primary N) is 1. The van der Waals surface area contributed by atoms with Crippen molar-refractivity contribution in [3.8, 4) is 0 Å². The minimum atomic E-state index is -4.78. The molecule has 0 unspecified atom stereocenters. The third-order valence-electron chi connectivity index (χ3n) is 3.36. The Bertz CT molecular complexity index is 717. The van der Waals surface area contributed by atoms with E-state index in [1.165, 1.54) is 36.4 Å². The van der Waals surface area contributed by atoms with Gasteiger partial charge in [-0.15, -0.1) is 0 Å². The maximum Gasteiger partial charge on any atom is 0.454 e. The van der Waals surface area contributed by atoms with E-state index in [9.17, 15) is 31.1 Å². The van der Waals surface area contributed by atoms with Crippen LogP contribution in [0.4, 0.5) is 26.3 Å². The van der Waals surface area contributed by atoms with Gasteiger partial charge in [-0.3, -0.25) is 4.79 Å². The molecule has 1 atom stereocenters. The third-order valence-corrected chi connectivity index (χ3v) is 3.36. The standard InChI is InChI=1S/C9H10F3N.C9H7F3O/c2*1-6-2-4-7(5-3-6)8(13)9(10,11)12/h2-5,8H,13H2,1H3;2-5H,1H3/t8-;/m0./s1. The summed E-state index contributed by atoms with van der Waals surface area (Å²) in [5, 5.41) is 0. The number of hydrogen-bond acceptors (Lipinski definition) is 2. The van der Waals surface area contributed by atoms with Crippen molar-refractivity contribution in [2.24, 2.45) is 5.73 Å². The fourth-order valence-corrected chi connectivity index (χ4v) is 1.83. The van der Waals surface area contributed by atoms with E-state index in [-0.39, 0.29) is 11.1 Å². The van der Waals surface area contributed by atoms with Crippen LogP contribution in [0.3, 0.4) is 0 Å². The SMILES string of the molecule is Cc1ccc(C(=O)C(F)(F)F)cc1.Cc1ccc([C@H](N)C(F)(F)F)cc1. The normalized spacial score (nSPS) is 12.8. The van der Waals surface area contributed by atoms with Crippen LogP contribution in [0.5, 0.6) is 0 Å². The average molecular weight is 377 g/mol. The van der Waals surface area contributed by atoms with Crippen molar-refractivity contribution in [1.29, 1.82) is 0 Å². The van der Waals surface area contributed by atoms with Crippen LogP contribution in [-0.2, 0) is 0 Å². The summed E-state index contributed by atoms with van der Waals surface area (Å²) in [5.41, 5.74) is 6.50. The Labute approximate surface area is 146 Å². The zero-order valence-corrected chi connectivity index (χ0v) is 13.9. The number of carbonyl (C=O) groups is 1. The number of aryl methyl sites for hydroxylation is 2. The highest BCUT2D eigenvalue weighted by Gasteiger charge is 2.39. The van der Waals surface area contributed by atoms with Crippen molar-refractivity contribution in [2.45, 2.75) is 32.2 Å². The Hall–Kier alpha value is -2.35. The smallest absolute Gasteiger partial charge is 0.316 e. The van der Waals surface area contributed by atoms with Crippen molar-refractivity contribution in [1.82, 2.24) is 0 Å². The van der Waals surface area contributed by atoms with Crippen molar-refractivity contribution >= 4 is 5.78 Å². The first-order chi connectivity index (χ1) is 11.8. The molecule has 142 valence electrons. The molecular formula is C18H17F6NO. The predicted molar refractivity (Wildman–Crippen MR) is 85.7 cm³/mol. The summed E-state index contributed by atoms with van der Waals surface area (Å²) in [4.78, 5) is 10.7. The summed E-state index contributed by atoms with van der Waals surface area (Å²) >= 11 is 0. The van der Waals surface area contributed by atoms with Crippen LogP contribution in [0.1, 0.15) is 33.1 Å². The summed E-state index contributed by atoms with van der Waals surface area (Å²) in [6.45, 7) is 3.55. The maximum absolute atomic E-state index is 12.1. The van der Waals surface area contributed by atoms with Gasteiger partial charge in [-0.25, -0.2) is 0 Å². The summed E-state index contributed by atoms with van der Waals surface area (Å²) in [6.07, 6.45) is -9.15. The lowest BCUT2D eigenvalue weighted by Gasteiger charge is -2.15. The van der Waals surface area contributed by atoms with E-state index in [1.807, 2.05) is 6.92 Å².